The van der Waals surface area contributed by atoms with Crippen molar-refractivity contribution in [3.05, 3.63) is 47.3 Å². The van der Waals surface area contributed by atoms with Gasteiger partial charge < -0.3 is 14.5 Å². The minimum Gasteiger partial charge on any atom is -0.445 e. The van der Waals surface area contributed by atoms with Crippen molar-refractivity contribution in [1.29, 1.82) is 0 Å². The predicted molar refractivity (Wildman–Crippen MR) is 79.2 cm³/mol. The number of rotatable bonds is 8. The normalized spacial score (nSPS) is 9.80. The summed E-state index contributed by atoms with van der Waals surface area (Å²) in [5.41, 5.74) is 0.972. The molecule has 0 fully saturated rings. The molecule has 0 saturated carbocycles. The van der Waals surface area contributed by atoms with E-state index in [9.17, 15) is 4.79 Å². The fourth-order valence-electron chi connectivity index (χ4n) is 1.83. The average Bonchev–Trinajstić information content (AvgIpc) is 2.49. The van der Waals surface area contributed by atoms with Crippen LogP contribution in [0.25, 0.3) is 4.85 Å². The molecule has 0 saturated heterocycles. The topological polar surface area (TPSA) is 33.9 Å². The van der Waals surface area contributed by atoms with Crippen LogP contribution in [0.15, 0.2) is 30.3 Å². The molecule has 0 heterocycles. The van der Waals surface area contributed by atoms with Gasteiger partial charge in [0.25, 0.3) is 0 Å². The highest BCUT2D eigenvalue weighted by atomic mass is 16.6. The third kappa shape index (κ3) is 6.24. The molecule has 0 unspecified atom stereocenters. The summed E-state index contributed by atoms with van der Waals surface area (Å²) in [4.78, 5) is 17.0. The Labute approximate surface area is 121 Å². The van der Waals surface area contributed by atoms with Gasteiger partial charge in [0.1, 0.15) is 6.61 Å². The Morgan fingerprint density at radius 1 is 1.25 bits per heavy atom. The lowest BCUT2D eigenvalue weighted by Crippen LogP contribution is -2.34. The number of ether oxygens (including phenoxy) is 1. The molecule has 0 radical (unpaired) electrons. The smallest absolute Gasteiger partial charge is 0.410 e. The van der Waals surface area contributed by atoms with Crippen molar-refractivity contribution < 1.29 is 9.53 Å². The van der Waals surface area contributed by atoms with Gasteiger partial charge in [-0.3, -0.25) is 0 Å². The SMILES string of the molecule is [C-]#[N+]CCN(CCCCC)C(=O)OCc1ccccc1. The van der Waals surface area contributed by atoms with Crippen molar-refractivity contribution in [2.45, 2.75) is 32.8 Å². The molecule has 0 N–H and O–H groups in total. The molecular weight excluding hydrogens is 252 g/mol. The number of carbonyl (C=O) groups excluding carboxylic acids is 1. The number of unbranched alkanes of at least 4 members (excludes halogenated alkanes) is 2. The van der Waals surface area contributed by atoms with Crippen LogP contribution in [0, 0.1) is 6.57 Å². The van der Waals surface area contributed by atoms with Crippen LogP contribution in [0.3, 0.4) is 0 Å². The van der Waals surface area contributed by atoms with Crippen molar-refractivity contribution in [3.8, 4) is 0 Å². The molecule has 0 aliphatic heterocycles. The first kappa shape index (κ1) is 16.0. The molecule has 0 spiro atoms. The van der Waals surface area contributed by atoms with Crippen LogP contribution >= 0.6 is 0 Å². The molecule has 0 aliphatic carbocycles. The number of nitrogens with zero attached hydrogens (tertiary/aromatic N) is 2. The van der Waals surface area contributed by atoms with Gasteiger partial charge >= 0.3 is 6.09 Å². The van der Waals surface area contributed by atoms with Crippen LogP contribution in [0.4, 0.5) is 4.79 Å². The van der Waals surface area contributed by atoms with Crippen LogP contribution in [0.1, 0.15) is 31.7 Å². The maximum absolute atomic E-state index is 12.0. The minimum absolute atomic E-state index is 0.280. The minimum atomic E-state index is -0.325. The van der Waals surface area contributed by atoms with Crippen molar-refractivity contribution in [1.82, 2.24) is 4.90 Å². The fraction of sp³-hybridized carbons (Fsp3) is 0.500. The highest BCUT2D eigenvalue weighted by Crippen LogP contribution is 2.05. The van der Waals surface area contributed by atoms with Gasteiger partial charge in [-0.25, -0.2) is 11.4 Å². The zero-order valence-electron chi connectivity index (χ0n) is 12.0. The summed E-state index contributed by atoms with van der Waals surface area (Å²) in [6, 6.07) is 9.61. The standard InChI is InChI=1S/C16H22N2O2/c1-3-4-8-12-18(13-11-17-2)16(19)20-14-15-9-6-5-7-10-15/h5-7,9-10H,3-4,8,11-14H2,1H3. The molecule has 108 valence electrons. The Hall–Kier alpha value is -2.02. The Bertz CT molecular complexity index is 426. The van der Waals surface area contributed by atoms with E-state index in [4.69, 9.17) is 11.3 Å². The van der Waals surface area contributed by atoms with Crippen LogP contribution in [-0.2, 0) is 11.3 Å². The number of hydrogen-bond donors (Lipinski definition) is 0. The summed E-state index contributed by atoms with van der Waals surface area (Å²) < 4.78 is 5.30. The lowest BCUT2D eigenvalue weighted by atomic mass is 10.2. The zero-order chi connectivity index (χ0) is 14.6. The summed E-state index contributed by atoms with van der Waals surface area (Å²) in [5, 5.41) is 0. The van der Waals surface area contributed by atoms with Gasteiger partial charge in [0, 0.05) is 6.54 Å². The van der Waals surface area contributed by atoms with E-state index in [2.05, 4.69) is 11.8 Å². The van der Waals surface area contributed by atoms with E-state index >= 15 is 0 Å². The van der Waals surface area contributed by atoms with Crippen molar-refractivity contribution in [3.63, 3.8) is 0 Å². The second-order valence-electron chi connectivity index (χ2n) is 4.62. The summed E-state index contributed by atoms with van der Waals surface area (Å²) >= 11 is 0. The summed E-state index contributed by atoms with van der Waals surface area (Å²) in [6.45, 7) is 10.7. The molecule has 4 nitrogen and oxygen atoms in total. The number of amides is 1. The Kier molecular flexibility index (Phi) is 7.90. The maximum atomic E-state index is 12.0. The summed E-state index contributed by atoms with van der Waals surface area (Å²) in [7, 11) is 0. The molecule has 0 bridgehead atoms. The van der Waals surface area contributed by atoms with Crippen molar-refractivity contribution in [2.24, 2.45) is 0 Å². The van der Waals surface area contributed by atoms with Crippen molar-refractivity contribution in [2.75, 3.05) is 19.6 Å². The van der Waals surface area contributed by atoms with E-state index in [0.29, 0.717) is 19.6 Å². The fourth-order valence-corrected chi connectivity index (χ4v) is 1.83. The zero-order valence-corrected chi connectivity index (χ0v) is 12.0. The number of hydrogen-bond acceptors (Lipinski definition) is 2. The van der Waals surface area contributed by atoms with Gasteiger partial charge in [-0.2, -0.15) is 0 Å². The Morgan fingerprint density at radius 2 is 2.00 bits per heavy atom. The lowest BCUT2D eigenvalue weighted by molar-refractivity contribution is 0.0971. The van der Waals surface area contributed by atoms with Gasteiger partial charge in [0.2, 0.25) is 6.54 Å². The van der Waals surface area contributed by atoms with E-state index in [1.807, 2.05) is 30.3 Å². The third-order valence-electron chi connectivity index (χ3n) is 2.98. The lowest BCUT2D eigenvalue weighted by Gasteiger charge is -2.19. The van der Waals surface area contributed by atoms with Gasteiger partial charge in [-0.15, -0.1) is 0 Å². The molecule has 1 rings (SSSR count). The van der Waals surface area contributed by atoms with Gasteiger partial charge in [0.05, 0.1) is 6.54 Å². The molecule has 1 amide bonds. The van der Waals surface area contributed by atoms with Crippen LogP contribution in [0.2, 0.25) is 0 Å². The highest BCUT2D eigenvalue weighted by Gasteiger charge is 2.15. The molecule has 1 aromatic carbocycles. The first-order chi connectivity index (χ1) is 9.77. The van der Waals surface area contributed by atoms with E-state index in [-0.39, 0.29) is 12.7 Å². The van der Waals surface area contributed by atoms with E-state index in [1.165, 1.54) is 0 Å². The summed E-state index contributed by atoms with van der Waals surface area (Å²) in [6.07, 6.45) is 2.82. The maximum Gasteiger partial charge on any atom is 0.410 e. The van der Waals surface area contributed by atoms with Gasteiger partial charge in [-0.05, 0) is 12.0 Å². The number of carbonyl (C=O) groups is 1. The first-order valence-corrected chi connectivity index (χ1v) is 7.06. The molecule has 1 aromatic rings. The molecule has 20 heavy (non-hydrogen) atoms. The molecule has 4 heteroatoms. The largest absolute Gasteiger partial charge is 0.445 e. The molecule has 0 aliphatic rings. The van der Waals surface area contributed by atoms with E-state index in [1.54, 1.807) is 4.90 Å². The third-order valence-corrected chi connectivity index (χ3v) is 2.98. The average molecular weight is 274 g/mol. The second-order valence-corrected chi connectivity index (χ2v) is 4.62. The van der Waals surface area contributed by atoms with Crippen molar-refractivity contribution >= 4 is 6.09 Å². The van der Waals surface area contributed by atoms with E-state index in [0.717, 1.165) is 24.8 Å². The van der Waals surface area contributed by atoms with Gasteiger partial charge in [-0.1, -0.05) is 50.1 Å². The van der Waals surface area contributed by atoms with Crippen LogP contribution in [-0.4, -0.2) is 30.6 Å². The highest BCUT2D eigenvalue weighted by molar-refractivity contribution is 5.67. The monoisotopic (exact) mass is 274 g/mol. The second kappa shape index (κ2) is 9.85. The van der Waals surface area contributed by atoms with Crippen LogP contribution in [0.5, 0.6) is 0 Å². The Balaban J connectivity index is 2.43. The molecular formula is C16H22N2O2. The molecule has 0 aromatic heterocycles. The summed E-state index contributed by atoms with van der Waals surface area (Å²) in [5.74, 6) is 0. The van der Waals surface area contributed by atoms with Crippen LogP contribution < -0.4 is 0 Å². The van der Waals surface area contributed by atoms with Gasteiger partial charge in [0.15, 0.2) is 0 Å². The Morgan fingerprint density at radius 3 is 2.65 bits per heavy atom. The predicted octanol–water partition coefficient (Wildman–Crippen LogP) is 3.73. The van der Waals surface area contributed by atoms with E-state index < -0.39 is 0 Å². The quantitative estimate of drug-likeness (QED) is 0.534. The first-order valence-electron chi connectivity index (χ1n) is 7.06. The molecule has 0 atom stereocenters. The number of benzene rings is 1.